The fraction of sp³-hybridized carbons (Fsp3) is 0.500. The summed E-state index contributed by atoms with van der Waals surface area (Å²) in [6.07, 6.45) is 2.45. The maximum atomic E-state index is 9.88. The summed E-state index contributed by atoms with van der Waals surface area (Å²) < 4.78 is 11.3. The first-order valence-corrected chi connectivity index (χ1v) is 6.00. The normalized spacial score (nSPS) is 17.0. The van der Waals surface area contributed by atoms with E-state index in [0.29, 0.717) is 17.9 Å². The van der Waals surface area contributed by atoms with Crippen molar-refractivity contribution in [3.05, 3.63) is 22.2 Å². The minimum atomic E-state index is -0.487. The van der Waals surface area contributed by atoms with Gasteiger partial charge in [0, 0.05) is 6.42 Å². The molecule has 0 amide bonds. The lowest BCUT2D eigenvalue weighted by atomic mass is 10.1. The van der Waals surface area contributed by atoms with Gasteiger partial charge in [-0.15, -0.1) is 0 Å². The van der Waals surface area contributed by atoms with Crippen LogP contribution in [0.3, 0.4) is 0 Å². The van der Waals surface area contributed by atoms with Gasteiger partial charge in [-0.2, -0.15) is 0 Å². The molecule has 3 nitrogen and oxygen atoms in total. The van der Waals surface area contributed by atoms with E-state index in [2.05, 4.69) is 15.9 Å². The van der Waals surface area contributed by atoms with Crippen molar-refractivity contribution in [3.63, 3.8) is 0 Å². The van der Waals surface area contributed by atoms with Crippen LogP contribution in [0.15, 0.2) is 16.6 Å². The average Bonchev–Trinajstić information content (AvgIpc) is 2.95. The van der Waals surface area contributed by atoms with Gasteiger partial charge in [0.1, 0.15) is 0 Å². The minimum absolute atomic E-state index is 0.487. The summed E-state index contributed by atoms with van der Waals surface area (Å²) in [5.74, 6) is 1.38. The minimum Gasteiger partial charge on any atom is -0.493 e. The van der Waals surface area contributed by atoms with E-state index < -0.39 is 5.60 Å². The van der Waals surface area contributed by atoms with Crippen molar-refractivity contribution < 1.29 is 14.6 Å². The Labute approximate surface area is 104 Å². The van der Waals surface area contributed by atoms with Gasteiger partial charge in [-0.25, -0.2) is 0 Å². The lowest BCUT2D eigenvalue weighted by Gasteiger charge is -2.13. The molecular formula is C12H15BrO3. The number of hydrogen-bond donors (Lipinski definition) is 1. The molecule has 1 saturated carbocycles. The third kappa shape index (κ3) is 2.33. The van der Waals surface area contributed by atoms with Crippen molar-refractivity contribution in [1.29, 1.82) is 0 Å². The van der Waals surface area contributed by atoms with E-state index >= 15 is 0 Å². The predicted molar refractivity (Wildman–Crippen MR) is 65.1 cm³/mol. The van der Waals surface area contributed by atoms with Gasteiger partial charge in [0.2, 0.25) is 0 Å². The van der Waals surface area contributed by atoms with Crippen molar-refractivity contribution in [2.45, 2.75) is 24.9 Å². The lowest BCUT2D eigenvalue weighted by molar-refractivity contribution is 0.151. The number of aliphatic hydroxyl groups is 1. The average molecular weight is 287 g/mol. The van der Waals surface area contributed by atoms with E-state index in [1.807, 2.05) is 12.1 Å². The number of benzene rings is 1. The van der Waals surface area contributed by atoms with Crippen LogP contribution in [0, 0.1) is 0 Å². The van der Waals surface area contributed by atoms with Gasteiger partial charge in [0.25, 0.3) is 0 Å². The molecule has 0 radical (unpaired) electrons. The van der Waals surface area contributed by atoms with Gasteiger partial charge in [-0.3, -0.25) is 0 Å². The molecule has 1 fully saturated rings. The number of ether oxygens (including phenoxy) is 2. The second kappa shape index (κ2) is 4.26. The zero-order chi connectivity index (χ0) is 11.8. The Hall–Kier alpha value is -0.740. The fourth-order valence-corrected chi connectivity index (χ4v) is 2.43. The molecule has 0 unspecified atom stereocenters. The van der Waals surface area contributed by atoms with Gasteiger partial charge >= 0.3 is 0 Å². The molecule has 4 heteroatoms. The van der Waals surface area contributed by atoms with Crippen LogP contribution >= 0.6 is 15.9 Å². The van der Waals surface area contributed by atoms with E-state index in [9.17, 15) is 5.11 Å². The number of hydrogen-bond acceptors (Lipinski definition) is 3. The largest absolute Gasteiger partial charge is 0.493 e. The van der Waals surface area contributed by atoms with Crippen molar-refractivity contribution in [3.8, 4) is 11.5 Å². The Bertz CT molecular complexity index is 399. The van der Waals surface area contributed by atoms with Crippen LogP contribution < -0.4 is 9.47 Å². The summed E-state index contributed by atoms with van der Waals surface area (Å²) in [7, 11) is 3.22. The third-order valence-electron chi connectivity index (χ3n) is 2.85. The molecule has 1 N–H and O–H groups in total. The van der Waals surface area contributed by atoms with Crippen molar-refractivity contribution in [2.24, 2.45) is 0 Å². The quantitative estimate of drug-likeness (QED) is 0.925. The molecule has 0 aliphatic heterocycles. The van der Waals surface area contributed by atoms with Crippen LogP contribution in [0.25, 0.3) is 0 Å². The van der Waals surface area contributed by atoms with E-state index in [0.717, 1.165) is 22.9 Å². The molecule has 0 heterocycles. The van der Waals surface area contributed by atoms with Crippen LogP contribution in [-0.4, -0.2) is 24.9 Å². The maximum absolute atomic E-state index is 9.88. The summed E-state index contributed by atoms with van der Waals surface area (Å²) in [6, 6.07) is 3.89. The highest BCUT2D eigenvalue weighted by Gasteiger charge is 2.40. The van der Waals surface area contributed by atoms with E-state index in [1.165, 1.54) is 0 Å². The molecule has 1 aromatic carbocycles. The van der Waals surface area contributed by atoms with E-state index in [-0.39, 0.29) is 0 Å². The molecule has 16 heavy (non-hydrogen) atoms. The Kier molecular flexibility index (Phi) is 3.13. The van der Waals surface area contributed by atoms with Gasteiger partial charge in [0.15, 0.2) is 11.5 Å². The Balaban J connectivity index is 2.30. The molecule has 0 bridgehead atoms. The SMILES string of the molecule is COc1cc(CC2(O)CC2)cc(Br)c1OC. The van der Waals surface area contributed by atoms with Gasteiger partial charge in [-0.1, -0.05) is 0 Å². The zero-order valence-corrected chi connectivity index (χ0v) is 11.0. The monoisotopic (exact) mass is 286 g/mol. The van der Waals surface area contributed by atoms with E-state index in [4.69, 9.17) is 9.47 Å². The molecular weight excluding hydrogens is 272 g/mol. The molecule has 0 spiro atoms. The standard InChI is InChI=1S/C12H15BrO3/c1-15-10-6-8(7-12(14)3-4-12)5-9(13)11(10)16-2/h5-6,14H,3-4,7H2,1-2H3. The highest BCUT2D eigenvalue weighted by molar-refractivity contribution is 9.10. The number of methoxy groups -OCH3 is 2. The summed E-state index contributed by atoms with van der Waals surface area (Å²) in [4.78, 5) is 0. The smallest absolute Gasteiger partial charge is 0.174 e. The second-order valence-electron chi connectivity index (χ2n) is 4.21. The van der Waals surface area contributed by atoms with Crippen LogP contribution in [0.4, 0.5) is 0 Å². The molecule has 1 aliphatic rings. The zero-order valence-electron chi connectivity index (χ0n) is 9.42. The molecule has 2 rings (SSSR count). The highest BCUT2D eigenvalue weighted by atomic mass is 79.9. The van der Waals surface area contributed by atoms with Crippen molar-refractivity contribution >= 4 is 15.9 Å². The van der Waals surface area contributed by atoms with Crippen LogP contribution in [-0.2, 0) is 6.42 Å². The second-order valence-corrected chi connectivity index (χ2v) is 5.07. The molecule has 1 aliphatic carbocycles. The van der Waals surface area contributed by atoms with Crippen LogP contribution in [0.1, 0.15) is 18.4 Å². The summed E-state index contributed by atoms with van der Waals surface area (Å²) >= 11 is 3.44. The molecule has 88 valence electrons. The maximum Gasteiger partial charge on any atom is 0.174 e. The molecule has 1 aromatic rings. The van der Waals surface area contributed by atoms with Crippen LogP contribution in [0.2, 0.25) is 0 Å². The van der Waals surface area contributed by atoms with Crippen molar-refractivity contribution in [2.75, 3.05) is 14.2 Å². The summed E-state index contributed by atoms with van der Waals surface area (Å²) in [5, 5.41) is 9.88. The Morgan fingerprint density at radius 2 is 2.00 bits per heavy atom. The van der Waals surface area contributed by atoms with Crippen molar-refractivity contribution in [1.82, 2.24) is 0 Å². The first-order valence-electron chi connectivity index (χ1n) is 5.21. The van der Waals surface area contributed by atoms with Gasteiger partial charge < -0.3 is 14.6 Å². The summed E-state index contributed by atoms with van der Waals surface area (Å²) in [5.41, 5.74) is 0.573. The predicted octanol–water partition coefficient (Wildman–Crippen LogP) is 2.53. The number of rotatable bonds is 4. The topological polar surface area (TPSA) is 38.7 Å². The Morgan fingerprint density at radius 1 is 1.31 bits per heavy atom. The lowest BCUT2D eigenvalue weighted by Crippen LogP contribution is -2.10. The first kappa shape index (κ1) is 11.7. The highest BCUT2D eigenvalue weighted by Crippen LogP contribution is 2.42. The summed E-state index contributed by atoms with van der Waals surface area (Å²) in [6.45, 7) is 0. The molecule has 0 atom stereocenters. The van der Waals surface area contributed by atoms with E-state index in [1.54, 1.807) is 14.2 Å². The number of halogens is 1. The first-order chi connectivity index (χ1) is 7.58. The molecule has 0 saturated heterocycles. The van der Waals surface area contributed by atoms with Gasteiger partial charge in [0.05, 0.1) is 24.3 Å². The van der Waals surface area contributed by atoms with Gasteiger partial charge in [-0.05, 0) is 46.5 Å². The molecule has 0 aromatic heterocycles. The third-order valence-corrected chi connectivity index (χ3v) is 3.44. The fourth-order valence-electron chi connectivity index (χ4n) is 1.77. The Morgan fingerprint density at radius 3 is 2.50 bits per heavy atom. The van der Waals surface area contributed by atoms with Crippen LogP contribution in [0.5, 0.6) is 11.5 Å².